The third-order valence-electron chi connectivity index (χ3n) is 5.30. The maximum Gasteiger partial charge on any atom is 0.218 e. The van der Waals surface area contributed by atoms with Crippen molar-refractivity contribution in [2.45, 2.75) is 40.0 Å². The standard InChI is InChI=1S/C27H30N4OS/c1-8-13-31(7)17-29-23-14-19(3)24(15-18(23)2)32-26-22(16-28)25(30-33-26)20-9-11-21(12-10-20)27(4,5)6/h8-12,14-15,17H,1,13H2,2-7H3/b29-17-. The highest BCUT2D eigenvalue weighted by Gasteiger charge is 2.20. The molecule has 0 unspecified atom stereocenters. The van der Waals surface area contributed by atoms with Crippen molar-refractivity contribution >= 4 is 23.6 Å². The summed E-state index contributed by atoms with van der Waals surface area (Å²) in [6.07, 6.45) is 3.62. The smallest absolute Gasteiger partial charge is 0.218 e. The highest BCUT2D eigenvalue weighted by molar-refractivity contribution is 7.08. The summed E-state index contributed by atoms with van der Waals surface area (Å²) in [7, 11) is 1.95. The maximum atomic E-state index is 9.85. The molecule has 0 atom stereocenters. The van der Waals surface area contributed by atoms with Crippen molar-refractivity contribution in [1.29, 1.82) is 5.26 Å². The van der Waals surface area contributed by atoms with Crippen LogP contribution >= 0.6 is 11.5 Å². The first-order valence-corrected chi connectivity index (χ1v) is 11.6. The van der Waals surface area contributed by atoms with E-state index in [4.69, 9.17) is 4.74 Å². The minimum absolute atomic E-state index is 0.0690. The first kappa shape index (κ1) is 24.2. The molecule has 33 heavy (non-hydrogen) atoms. The van der Waals surface area contributed by atoms with E-state index in [1.807, 2.05) is 56.1 Å². The Labute approximate surface area is 200 Å². The fourth-order valence-electron chi connectivity index (χ4n) is 3.30. The molecule has 0 saturated heterocycles. The van der Waals surface area contributed by atoms with E-state index in [9.17, 15) is 5.26 Å². The van der Waals surface area contributed by atoms with E-state index in [1.54, 1.807) is 6.34 Å². The Morgan fingerprint density at radius 1 is 1.18 bits per heavy atom. The Kier molecular flexibility index (Phi) is 7.35. The third kappa shape index (κ3) is 5.68. The van der Waals surface area contributed by atoms with Gasteiger partial charge >= 0.3 is 0 Å². The van der Waals surface area contributed by atoms with E-state index in [0.29, 0.717) is 22.1 Å². The van der Waals surface area contributed by atoms with E-state index in [0.717, 1.165) is 28.9 Å². The van der Waals surface area contributed by atoms with Crippen molar-refractivity contribution in [3.05, 3.63) is 71.3 Å². The second-order valence-corrected chi connectivity index (χ2v) is 9.85. The molecule has 1 aromatic heterocycles. The lowest BCUT2D eigenvalue weighted by Gasteiger charge is -2.18. The first-order chi connectivity index (χ1) is 15.6. The highest BCUT2D eigenvalue weighted by atomic mass is 32.1. The molecule has 1 heterocycles. The van der Waals surface area contributed by atoms with Crippen molar-refractivity contribution in [3.63, 3.8) is 0 Å². The molecule has 3 rings (SSSR count). The molecular formula is C27H30N4OS. The number of ether oxygens (including phenoxy) is 1. The van der Waals surface area contributed by atoms with Gasteiger partial charge in [0.15, 0.2) is 0 Å². The Bertz CT molecular complexity index is 1210. The summed E-state index contributed by atoms with van der Waals surface area (Å²) in [4.78, 5) is 6.53. The van der Waals surface area contributed by atoms with Gasteiger partial charge in [-0.15, -0.1) is 6.58 Å². The molecule has 0 N–H and O–H groups in total. The number of aryl methyl sites for hydroxylation is 2. The van der Waals surface area contributed by atoms with Crippen molar-refractivity contribution < 1.29 is 4.74 Å². The molecule has 0 spiro atoms. The Morgan fingerprint density at radius 2 is 1.88 bits per heavy atom. The molecule has 0 saturated carbocycles. The topological polar surface area (TPSA) is 61.5 Å². The molecule has 6 heteroatoms. The zero-order valence-electron chi connectivity index (χ0n) is 20.1. The number of rotatable bonds is 7. The molecular weight excluding hydrogens is 428 g/mol. The van der Waals surface area contributed by atoms with E-state index in [1.165, 1.54) is 17.1 Å². The fourth-order valence-corrected chi connectivity index (χ4v) is 4.03. The van der Waals surface area contributed by atoms with Crippen molar-refractivity contribution in [2.75, 3.05) is 13.6 Å². The zero-order valence-corrected chi connectivity index (χ0v) is 21.0. The van der Waals surface area contributed by atoms with Gasteiger partial charge in [-0.2, -0.15) is 9.64 Å². The molecule has 0 aliphatic heterocycles. The quantitative estimate of drug-likeness (QED) is 0.214. The van der Waals surface area contributed by atoms with Crippen molar-refractivity contribution in [2.24, 2.45) is 4.99 Å². The van der Waals surface area contributed by atoms with Crippen LogP contribution in [0.15, 0.2) is 54.0 Å². The van der Waals surface area contributed by atoms with Crippen LogP contribution in [0, 0.1) is 25.2 Å². The van der Waals surface area contributed by atoms with Gasteiger partial charge in [0.2, 0.25) is 5.06 Å². The SMILES string of the molecule is C=CCN(C)/C=N\c1cc(C)c(Oc2snc(-c3ccc(C(C)(C)C)cc3)c2C#N)cc1C. The van der Waals surface area contributed by atoms with Gasteiger partial charge in [-0.3, -0.25) is 0 Å². The Morgan fingerprint density at radius 3 is 2.48 bits per heavy atom. The number of hydrogen-bond acceptors (Lipinski definition) is 5. The van der Waals surface area contributed by atoms with E-state index in [-0.39, 0.29) is 5.41 Å². The normalized spacial score (nSPS) is 11.4. The van der Waals surface area contributed by atoms with Crippen LogP contribution in [0.25, 0.3) is 11.3 Å². The molecule has 170 valence electrons. The van der Waals surface area contributed by atoms with Gasteiger partial charge in [0.05, 0.1) is 12.0 Å². The minimum Gasteiger partial charge on any atom is -0.443 e. The summed E-state index contributed by atoms with van der Waals surface area (Å²) in [5, 5.41) is 10.3. The van der Waals surface area contributed by atoms with E-state index >= 15 is 0 Å². The molecule has 0 radical (unpaired) electrons. The predicted octanol–water partition coefficient (Wildman–Crippen LogP) is 7.17. The van der Waals surface area contributed by atoms with Gasteiger partial charge in [-0.1, -0.05) is 51.1 Å². The van der Waals surface area contributed by atoms with Crippen LogP contribution in [-0.2, 0) is 5.41 Å². The second-order valence-electron chi connectivity index (χ2n) is 9.11. The van der Waals surface area contributed by atoms with E-state index in [2.05, 4.69) is 54.9 Å². The van der Waals surface area contributed by atoms with Gasteiger partial charge in [0, 0.05) is 30.7 Å². The number of hydrogen-bond donors (Lipinski definition) is 0. The molecule has 0 aliphatic carbocycles. The van der Waals surface area contributed by atoms with Gasteiger partial charge in [-0.05, 0) is 48.1 Å². The van der Waals surface area contributed by atoms with Crippen LogP contribution in [0.2, 0.25) is 0 Å². The average molecular weight is 459 g/mol. The van der Waals surface area contributed by atoms with Crippen LogP contribution < -0.4 is 4.74 Å². The largest absolute Gasteiger partial charge is 0.443 e. The lowest BCUT2D eigenvalue weighted by molar-refractivity contribution is 0.491. The monoisotopic (exact) mass is 458 g/mol. The summed E-state index contributed by atoms with van der Waals surface area (Å²) >= 11 is 1.20. The van der Waals surface area contributed by atoms with Crippen LogP contribution in [0.5, 0.6) is 10.8 Å². The summed E-state index contributed by atoms with van der Waals surface area (Å²) in [6.45, 7) is 15.0. The van der Waals surface area contributed by atoms with Gasteiger partial charge in [-0.25, -0.2) is 4.99 Å². The molecule has 0 amide bonds. The number of nitrogens with zero attached hydrogens (tertiary/aromatic N) is 4. The number of likely N-dealkylation sites (N-methyl/N-ethyl adjacent to an activating group) is 1. The lowest BCUT2D eigenvalue weighted by atomic mass is 9.86. The van der Waals surface area contributed by atoms with Gasteiger partial charge < -0.3 is 9.64 Å². The number of aliphatic imine (C=N–C) groups is 1. The highest BCUT2D eigenvalue weighted by Crippen LogP contribution is 2.39. The number of aromatic nitrogens is 1. The fraction of sp³-hybridized carbons (Fsp3) is 0.296. The predicted molar refractivity (Wildman–Crippen MR) is 138 cm³/mol. The van der Waals surface area contributed by atoms with Crippen LogP contribution in [0.3, 0.4) is 0 Å². The van der Waals surface area contributed by atoms with Crippen LogP contribution in [0.4, 0.5) is 5.69 Å². The lowest BCUT2D eigenvalue weighted by Crippen LogP contribution is -2.15. The molecule has 2 aromatic carbocycles. The van der Waals surface area contributed by atoms with Gasteiger partial charge in [0.1, 0.15) is 23.1 Å². The first-order valence-electron chi connectivity index (χ1n) is 10.8. The van der Waals surface area contributed by atoms with Gasteiger partial charge in [0.25, 0.3) is 0 Å². The Hall–Kier alpha value is -3.43. The molecule has 0 aliphatic rings. The third-order valence-corrected chi connectivity index (χ3v) is 6.03. The van der Waals surface area contributed by atoms with Crippen molar-refractivity contribution in [3.8, 4) is 28.1 Å². The number of benzene rings is 2. The van der Waals surface area contributed by atoms with Crippen LogP contribution in [0.1, 0.15) is 43.0 Å². The molecule has 0 bridgehead atoms. The van der Waals surface area contributed by atoms with E-state index < -0.39 is 0 Å². The Balaban J connectivity index is 1.87. The minimum atomic E-state index is 0.0690. The summed E-state index contributed by atoms with van der Waals surface area (Å²) in [5.41, 5.74) is 6.12. The summed E-state index contributed by atoms with van der Waals surface area (Å²) < 4.78 is 10.7. The summed E-state index contributed by atoms with van der Waals surface area (Å²) in [6, 6.07) is 14.4. The average Bonchev–Trinajstić information content (AvgIpc) is 3.17. The second kappa shape index (κ2) is 10.0. The van der Waals surface area contributed by atoms with Crippen LogP contribution in [-0.4, -0.2) is 29.2 Å². The van der Waals surface area contributed by atoms with Crippen molar-refractivity contribution in [1.82, 2.24) is 9.27 Å². The number of nitriles is 1. The zero-order chi connectivity index (χ0) is 24.2. The molecule has 5 nitrogen and oxygen atoms in total. The molecule has 3 aromatic rings. The summed E-state index contributed by atoms with van der Waals surface area (Å²) in [5.74, 6) is 0.695. The maximum absolute atomic E-state index is 9.85. The molecule has 0 fully saturated rings.